The van der Waals surface area contributed by atoms with Gasteiger partial charge in [0.1, 0.15) is 5.75 Å². The molecule has 2 aromatic carbocycles. The second-order valence-corrected chi connectivity index (χ2v) is 6.03. The molecule has 0 fully saturated rings. The average Bonchev–Trinajstić information content (AvgIpc) is 3.11. The van der Waals surface area contributed by atoms with Crippen LogP contribution in [-0.2, 0) is 0 Å². The van der Waals surface area contributed by atoms with Crippen molar-refractivity contribution in [2.45, 2.75) is 0 Å². The minimum atomic E-state index is -0.385. The second kappa shape index (κ2) is 5.06. The van der Waals surface area contributed by atoms with Gasteiger partial charge in [-0.2, -0.15) is 0 Å². The van der Waals surface area contributed by atoms with Crippen LogP contribution in [0.5, 0.6) is 5.75 Å². The van der Waals surface area contributed by atoms with Gasteiger partial charge in [0, 0.05) is 23.9 Å². The Morgan fingerprint density at radius 1 is 1.26 bits per heavy atom. The Labute approximate surface area is 134 Å². The number of aromatic nitrogens is 2. The summed E-state index contributed by atoms with van der Waals surface area (Å²) in [5, 5.41) is 10.9. The molecule has 0 aliphatic heterocycles. The smallest absolute Gasteiger partial charge is 0.270 e. The molecule has 23 heavy (non-hydrogen) atoms. The molecule has 0 aliphatic carbocycles. The van der Waals surface area contributed by atoms with Gasteiger partial charge in [-0.25, -0.2) is 4.98 Å². The van der Waals surface area contributed by atoms with Crippen LogP contribution in [0, 0.1) is 10.1 Å². The van der Waals surface area contributed by atoms with E-state index in [1.807, 2.05) is 34.9 Å². The quantitative estimate of drug-likeness (QED) is 0.419. The van der Waals surface area contributed by atoms with Crippen molar-refractivity contribution in [2.75, 3.05) is 7.11 Å². The highest BCUT2D eigenvalue weighted by Crippen LogP contribution is 2.32. The molecule has 0 spiro atoms. The van der Waals surface area contributed by atoms with E-state index in [4.69, 9.17) is 4.74 Å². The molecule has 114 valence electrons. The molecular weight excluding hydrogens is 314 g/mol. The lowest BCUT2D eigenvalue weighted by molar-refractivity contribution is -0.384. The normalized spacial score (nSPS) is 11.2. The van der Waals surface area contributed by atoms with Crippen molar-refractivity contribution in [1.29, 1.82) is 0 Å². The fourth-order valence-corrected chi connectivity index (χ4v) is 3.57. The first-order chi connectivity index (χ1) is 11.2. The largest absolute Gasteiger partial charge is 0.497 e. The van der Waals surface area contributed by atoms with Gasteiger partial charge in [-0.15, -0.1) is 0 Å². The summed E-state index contributed by atoms with van der Waals surface area (Å²) in [5.74, 6) is 0.777. The molecule has 6 nitrogen and oxygen atoms in total. The lowest BCUT2D eigenvalue weighted by Gasteiger charge is -2.01. The van der Waals surface area contributed by atoms with Gasteiger partial charge in [0.15, 0.2) is 4.96 Å². The zero-order valence-corrected chi connectivity index (χ0v) is 12.9. The lowest BCUT2D eigenvalue weighted by atomic mass is 10.1. The minimum absolute atomic E-state index is 0.0926. The molecular formula is C16H11N3O3S. The van der Waals surface area contributed by atoms with Crippen molar-refractivity contribution >= 4 is 32.2 Å². The molecule has 4 rings (SSSR count). The van der Waals surface area contributed by atoms with Gasteiger partial charge in [-0.05, 0) is 18.2 Å². The van der Waals surface area contributed by atoms with Crippen LogP contribution < -0.4 is 4.74 Å². The number of ether oxygens (including phenoxy) is 1. The summed E-state index contributed by atoms with van der Waals surface area (Å²) in [4.78, 5) is 15.9. The topological polar surface area (TPSA) is 69.7 Å². The van der Waals surface area contributed by atoms with Crippen molar-refractivity contribution < 1.29 is 9.66 Å². The fourth-order valence-electron chi connectivity index (χ4n) is 2.52. The first-order valence-electron chi connectivity index (χ1n) is 6.86. The van der Waals surface area contributed by atoms with Gasteiger partial charge in [-0.1, -0.05) is 23.5 Å². The number of benzene rings is 2. The van der Waals surface area contributed by atoms with E-state index in [9.17, 15) is 10.1 Å². The number of nitro groups is 1. The van der Waals surface area contributed by atoms with E-state index in [1.165, 1.54) is 17.4 Å². The third-order valence-corrected chi connectivity index (χ3v) is 4.67. The first-order valence-corrected chi connectivity index (χ1v) is 7.68. The molecule has 0 saturated heterocycles. The summed E-state index contributed by atoms with van der Waals surface area (Å²) in [5.41, 5.74) is 2.82. The summed E-state index contributed by atoms with van der Waals surface area (Å²) >= 11 is 1.43. The van der Waals surface area contributed by atoms with E-state index < -0.39 is 0 Å². The van der Waals surface area contributed by atoms with Gasteiger partial charge in [0.2, 0.25) is 0 Å². The van der Waals surface area contributed by atoms with E-state index in [0.29, 0.717) is 0 Å². The second-order valence-electron chi connectivity index (χ2n) is 5.02. The van der Waals surface area contributed by atoms with Crippen LogP contribution in [0.15, 0.2) is 48.7 Å². The first kappa shape index (κ1) is 13.7. The molecule has 0 atom stereocenters. The van der Waals surface area contributed by atoms with E-state index in [0.717, 1.165) is 32.2 Å². The van der Waals surface area contributed by atoms with Gasteiger partial charge in [0.05, 0.1) is 27.9 Å². The molecule has 0 amide bonds. The number of methoxy groups -OCH3 is 1. The summed E-state index contributed by atoms with van der Waals surface area (Å²) in [6.07, 6.45) is 1.94. The molecule has 0 aliphatic rings. The van der Waals surface area contributed by atoms with Crippen LogP contribution in [0.1, 0.15) is 0 Å². The van der Waals surface area contributed by atoms with Crippen molar-refractivity contribution in [2.24, 2.45) is 0 Å². The molecule has 0 saturated carbocycles. The highest BCUT2D eigenvalue weighted by atomic mass is 32.1. The van der Waals surface area contributed by atoms with E-state index in [1.54, 1.807) is 19.2 Å². The SMILES string of the molecule is COc1cccc(-c2cn3c(n2)sc2cc([N+](=O)[O-])ccc23)c1. The van der Waals surface area contributed by atoms with Gasteiger partial charge in [0.25, 0.3) is 5.69 Å². The number of hydrogen-bond donors (Lipinski definition) is 0. The Hall–Kier alpha value is -2.93. The molecule has 2 aromatic heterocycles. The maximum absolute atomic E-state index is 10.9. The van der Waals surface area contributed by atoms with Crippen LogP contribution in [0.2, 0.25) is 0 Å². The molecule has 7 heteroatoms. The monoisotopic (exact) mass is 325 g/mol. The highest BCUT2D eigenvalue weighted by molar-refractivity contribution is 7.23. The van der Waals surface area contributed by atoms with Crippen LogP contribution in [0.3, 0.4) is 0 Å². The van der Waals surface area contributed by atoms with Crippen LogP contribution in [-0.4, -0.2) is 21.4 Å². The molecule has 0 radical (unpaired) electrons. The number of thiazole rings is 1. The molecule has 4 aromatic rings. The zero-order chi connectivity index (χ0) is 16.0. The maximum Gasteiger partial charge on any atom is 0.270 e. The number of imidazole rings is 1. The molecule has 0 bridgehead atoms. The number of hydrogen-bond acceptors (Lipinski definition) is 5. The number of rotatable bonds is 3. The van der Waals surface area contributed by atoms with Crippen LogP contribution in [0.25, 0.3) is 26.4 Å². The van der Waals surface area contributed by atoms with Crippen molar-refractivity contribution in [3.63, 3.8) is 0 Å². The third kappa shape index (κ3) is 2.22. The Morgan fingerprint density at radius 2 is 2.13 bits per heavy atom. The van der Waals surface area contributed by atoms with Crippen LogP contribution in [0.4, 0.5) is 5.69 Å². The van der Waals surface area contributed by atoms with Gasteiger partial charge < -0.3 is 4.74 Å². The Kier molecular flexibility index (Phi) is 3.02. The van der Waals surface area contributed by atoms with Crippen molar-refractivity contribution in [3.05, 3.63) is 58.8 Å². The number of nitrogens with zero attached hydrogens (tertiary/aromatic N) is 3. The van der Waals surface area contributed by atoms with Gasteiger partial charge in [-0.3, -0.25) is 14.5 Å². The minimum Gasteiger partial charge on any atom is -0.497 e. The van der Waals surface area contributed by atoms with E-state index in [-0.39, 0.29) is 10.6 Å². The van der Waals surface area contributed by atoms with Crippen molar-refractivity contribution in [3.8, 4) is 17.0 Å². The lowest BCUT2D eigenvalue weighted by Crippen LogP contribution is -1.87. The standard InChI is InChI=1S/C16H11N3O3S/c1-22-12-4-2-3-10(7-12)13-9-18-14-6-5-11(19(20)21)8-15(14)23-16(18)17-13/h2-9H,1H3. The Morgan fingerprint density at radius 3 is 2.91 bits per heavy atom. The summed E-state index contributed by atoms with van der Waals surface area (Å²) in [6, 6.07) is 12.6. The maximum atomic E-state index is 10.9. The molecule has 0 N–H and O–H groups in total. The number of fused-ring (bicyclic) bond motifs is 3. The highest BCUT2D eigenvalue weighted by Gasteiger charge is 2.13. The number of nitro benzene ring substituents is 1. The Bertz CT molecular complexity index is 1050. The summed E-state index contributed by atoms with van der Waals surface area (Å²) in [6.45, 7) is 0. The molecule has 0 unspecified atom stereocenters. The predicted molar refractivity (Wildman–Crippen MR) is 89.2 cm³/mol. The van der Waals surface area contributed by atoms with Crippen molar-refractivity contribution in [1.82, 2.24) is 9.38 Å². The van der Waals surface area contributed by atoms with Crippen LogP contribution >= 0.6 is 11.3 Å². The van der Waals surface area contributed by atoms with Gasteiger partial charge >= 0.3 is 0 Å². The summed E-state index contributed by atoms with van der Waals surface area (Å²) < 4.78 is 8.04. The third-order valence-electron chi connectivity index (χ3n) is 3.65. The van der Waals surface area contributed by atoms with E-state index in [2.05, 4.69) is 4.98 Å². The number of non-ortho nitro benzene ring substituents is 1. The predicted octanol–water partition coefficient (Wildman–Crippen LogP) is 4.13. The Balaban J connectivity index is 1.86. The summed E-state index contributed by atoms with van der Waals surface area (Å²) in [7, 11) is 1.63. The zero-order valence-electron chi connectivity index (χ0n) is 12.1. The fraction of sp³-hybridized carbons (Fsp3) is 0.0625. The average molecular weight is 325 g/mol. The van der Waals surface area contributed by atoms with E-state index >= 15 is 0 Å². The molecule has 2 heterocycles.